The van der Waals surface area contributed by atoms with Gasteiger partial charge in [0.15, 0.2) is 5.76 Å². The molecule has 6 heteroatoms. The molecule has 4 heterocycles. The molecule has 1 amide bonds. The zero-order valence-electron chi connectivity index (χ0n) is 15.8. The average molecular weight is 369 g/mol. The van der Waals surface area contributed by atoms with Crippen molar-refractivity contribution in [1.29, 1.82) is 0 Å². The number of rotatable bonds is 5. The lowest BCUT2D eigenvalue weighted by atomic mass is 9.71. The molecule has 0 bridgehead atoms. The van der Waals surface area contributed by atoms with Crippen molar-refractivity contribution in [1.82, 2.24) is 14.8 Å². The molecular formula is C21H27N3O3. The van der Waals surface area contributed by atoms with Crippen LogP contribution in [0.1, 0.15) is 29.1 Å². The second-order valence-corrected chi connectivity index (χ2v) is 7.77. The highest BCUT2D eigenvalue weighted by Gasteiger charge is 2.49. The van der Waals surface area contributed by atoms with Crippen molar-refractivity contribution in [3.05, 3.63) is 54.2 Å². The molecule has 0 radical (unpaired) electrons. The summed E-state index contributed by atoms with van der Waals surface area (Å²) in [6.07, 6.45) is 5.57. The minimum atomic E-state index is -0.00565. The average Bonchev–Trinajstić information content (AvgIpc) is 3.34. The lowest BCUT2D eigenvalue weighted by Gasteiger charge is -2.42. The van der Waals surface area contributed by atoms with E-state index in [2.05, 4.69) is 16.0 Å². The molecule has 2 aromatic rings. The number of likely N-dealkylation sites (tertiary alicyclic amines) is 2. The highest BCUT2D eigenvalue weighted by molar-refractivity contribution is 5.91. The maximum atomic E-state index is 12.8. The van der Waals surface area contributed by atoms with Gasteiger partial charge in [-0.3, -0.25) is 14.7 Å². The minimum absolute atomic E-state index is 0.00565. The molecule has 2 aliphatic rings. The van der Waals surface area contributed by atoms with Crippen LogP contribution in [0.5, 0.6) is 0 Å². The number of methoxy groups -OCH3 is 1. The monoisotopic (exact) mass is 369 g/mol. The number of carbonyl (C=O) groups is 1. The van der Waals surface area contributed by atoms with E-state index < -0.39 is 0 Å². The summed E-state index contributed by atoms with van der Waals surface area (Å²) in [4.78, 5) is 21.6. The van der Waals surface area contributed by atoms with Crippen molar-refractivity contribution in [2.75, 3.05) is 39.9 Å². The van der Waals surface area contributed by atoms with Gasteiger partial charge in [0.1, 0.15) is 0 Å². The quantitative estimate of drug-likeness (QED) is 0.811. The molecule has 2 saturated heterocycles. The number of amides is 1. The number of carbonyl (C=O) groups excluding carboxylic acids is 1. The van der Waals surface area contributed by atoms with Gasteiger partial charge < -0.3 is 14.1 Å². The number of hydrogen-bond acceptors (Lipinski definition) is 5. The molecule has 4 rings (SSSR count). The summed E-state index contributed by atoms with van der Waals surface area (Å²) in [5.74, 6) is 0.795. The Balaban J connectivity index is 1.42. The molecule has 6 nitrogen and oxygen atoms in total. The van der Waals surface area contributed by atoms with Crippen molar-refractivity contribution in [2.45, 2.75) is 19.4 Å². The molecule has 1 spiro atoms. The second kappa shape index (κ2) is 7.82. The van der Waals surface area contributed by atoms with E-state index in [1.807, 2.05) is 23.2 Å². The molecule has 27 heavy (non-hydrogen) atoms. The standard InChI is InChI=1S/C21H27N3O3/c1-26-15-17-13-24(20(25)19-6-4-12-27-19)16-21(17)7-10-23(11-8-21)14-18-5-2-3-9-22-18/h2-6,9,12,17H,7-8,10-11,13-16H2,1H3. The lowest BCUT2D eigenvalue weighted by Crippen LogP contribution is -2.45. The Labute approximate surface area is 160 Å². The van der Waals surface area contributed by atoms with Crippen molar-refractivity contribution < 1.29 is 13.9 Å². The molecule has 2 fully saturated rings. The summed E-state index contributed by atoms with van der Waals surface area (Å²) in [6, 6.07) is 9.58. The predicted molar refractivity (Wildman–Crippen MR) is 101 cm³/mol. The van der Waals surface area contributed by atoms with E-state index in [1.54, 1.807) is 25.5 Å². The Morgan fingerprint density at radius 1 is 1.30 bits per heavy atom. The SMILES string of the molecule is COCC1CN(C(=O)c2ccco2)CC12CCN(Cc1ccccn1)CC2. The van der Waals surface area contributed by atoms with Gasteiger partial charge in [-0.05, 0) is 55.6 Å². The van der Waals surface area contributed by atoms with Crippen LogP contribution in [0, 0.1) is 11.3 Å². The Bertz CT molecular complexity index is 739. The molecule has 144 valence electrons. The highest BCUT2D eigenvalue weighted by atomic mass is 16.5. The third-order valence-corrected chi connectivity index (χ3v) is 6.16. The first-order chi connectivity index (χ1) is 13.2. The summed E-state index contributed by atoms with van der Waals surface area (Å²) in [6.45, 7) is 5.17. The van der Waals surface area contributed by atoms with Gasteiger partial charge in [-0.1, -0.05) is 6.07 Å². The molecule has 2 aromatic heterocycles. The maximum absolute atomic E-state index is 12.8. The normalized spacial score (nSPS) is 22.4. The third kappa shape index (κ3) is 3.77. The largest absolute Gasteiger partial charge is 0.459 e. The molecule has 2 aliphatic heterocycles. The zero-order chi connectivity index (χ0) is 18.7. The van der Waals surface area contributed by atoms with E-state index >= 15 is 0 Å². The van der Waals surface area contributed by atoms with Crippen LogP contribution in [-0.2, 0) is 11.3 Å². The van der Waals surface area contributed by atoms with Gasteiger partial charge in [-0.25, -0.2) is 0 Å². The van der Waals surface area contributed by atoms with E-state index in [0.29, 0.717) is 18.3 Å². The molecule has 1 unspecified atom stereocenters. The topological polar surface area (TPSA) is 58.8 Å². The van der Waals surface area contributed by atoms with E-state index in [9.17, 15) is 4.79 Å². The fourth-order valence-electron chi connectivity index (χ4n) is 4.62. The molecule has 1 atom stereocenters. The van der Waals surface area contributed by atoms with Crippen LogP contribution in [0.15, 0.2) is 47.2 Å². The first kappa shape index (κ1) is 18.2. The van der Waals surface area contributed by atoms with E-state index in [-0.39, 0.29) is 11.3 Å². The lowest BCUT2D eigenvalue weighted by molar-refractivity contribution is 0.0344. The summed E-state index contributed by atoms with van der Waals surface area (Å²) in [5.41, 5.74) is 1.25. The third-order valence-electron chi connectivity index (χ3n) is 6.16. The van der Waals surface area contributed by atoms with Crippen molar-refractivity contribution in [3.8, 4) is 0 Å². The van der Waals surface area contributed by atoms with Gasteiger partial charge in [0.05, 0.1) is 18.6 Å². The van der Waals surface area contributed by atoms with Crippen LogP contribution in [0.2, 0.25) is 0 Å². The van der Waals surface area contributed by atoms with Crippen molar-refractivity contribution in [2.24, 2.45) is 11.3 Å². The summed E-state index contributed by atoms with van der Waals surface area (Å²) in [7, 11) is 1.75. The smallest absolute Gasteiger partial charge is 0.289 e. The number of furan rings is 1. The Morgan fingerprint density at radius 2 is 2.15 bits per heavy atom. The van der Waals surface area contributed by atoms with Crippen LogP contribution in [0.25, 0.3) is 0 Å². The Morgan fingerprint density at radius 3 is 2.81 bits per heavy atom. The van der Waals surface area contributed by atoms with Crippen LogP contribution < -0.4 is 0 Å². The molecule has 0 N–H and O–H groups in total. The van der Waals surface area contributed by atoms with E-state index in [1.165, 1.54) is 0 Å². The Kier molecular flexibility index (Phi) is 5.27. The van der Waals surface area contributed by atoms with Crippen molar-refractivity contribution in [3.63, 3.8) is 0 Å². The van der Waals surface area contributed by atoms with Crippen LogP contribution in [0.3, 0.4) is 0 Å². The predicted octanol–water partition coefficient (Wildman–Crippen LogP) is 2.68. The fourth-order valence-corrected chi connectivity index (χ4v) is 4.62. The van der Waals surface area contributed by atoms with Crippen molar-refractivity contribution >= 4 is 5.91 Å². The Hall–Kier alpha value is -2.18. The number of piperidine rings is 1. The summed E-state index contributed by atoms with van der Waals surface area (Å²) < 4.78 is 10.8. The molecule has 0 saturated carbocycles. The first-order valence-electron chi connectivity index (χ1n) is 9.64. The summed E-state index contributed by atoms with van der Waals surface area (Å²) >= 11 is 0. The number of ether oxygens (including phenoxy) is 1. The van der Waals surface area contributed by atoms with Gasteiger partial charge in [0, 0.05) is 38.9 Å². The molecule has 0 aromatic carbocycles. The zero-order valence-corrected chi connectivity index (χ0v) is 15.8. The first-order valence-corrected chi connectivity index (χ1v) is 9.64. The van der Waals surface area contributed by atoms with Crippen LogP contribution in [0.4, 0.5) is 0 Å². The van der Waals surface area contributed by atoms with Gasteiger partial charge in [-0.15, -0.1) is 0 Å². The van der Waals surface area contributed by atoms with E-state index in [4.69, 9.17) is 9.15 Å². The van der Waals surface area contributed by atoms with Gasteiger partial charge in [0.25, 0.3) is 5.91 Å². The fraction of sp³-hybridized carbons (Fsp3) is 0.524. The molecular weight excluding hydrogens is 342 g/mol. The summed E-state index contributed by atoms with van der Waals surface area (Å²) in [5, 5.41) is 0. The number of aromatic nitrogens is 1. The number of hydrogen-bond donors (Lipinski definition) is 0. The van der Waals surface area contributed by atoms with Crippen LogP contribution >= 0.6 is 0 Å². The van der Waals surface area contributed by atoms with Gasteiger partial charge in [-0.2, -0.15) is 0 Å². The van der Waals surface area contributed by atoms with Gasteiger partial charge in [0.2, 0.25) is 0 Å². The van der Waals surface area contributed by atoms with Crippen LogP contribution in [-0.4, -0.2) is 60.6 Å². The van der Waals surface area contributed by atoms with E-state index in [0.717, 1.165) is 51.3 Å². The van der Waals surface area contributed by atoms with Gasteiger partial charge >= 0.3 is 0 Å². The maximum Gasteiger partial charge on any atom is 0.289 e. The number of pyridine rings is 1. The minimum Gasteiger partial charge on any atom is -0.459 e. The second-order valence-electron chi connectivity index (χ2n) is 7.77. The highest BCUT2D eigenvalue weighted by Crippen LogP contribution is 2.45. The molecule has 0 aliphatic carbocycles. The number of nitrogens with zero attached hydrogens (tertiary/aromatic N) is 3.